The molecule has 0 bridgehead atoms. The van der Waals surface area contributed by atoms with Crippen molar-refractivity contribution in [2.45, 2.75) is 12.8 Å². The maximum atomic E-state index is 8.85. The summed E-state index contributed by atoms with van der Waals surface area (Å²) in [6, 6.07) is 0. The normalized spacial score (nSPS) is 11.7. The van der Waals surface area contributed by atoms with Crippen LogP contribution in [0.5, 0.6) is 0 Å². The molecule has 6 heteroatoms. The van der Waals surface area contributed by atoms with E-state index in [1.807, 2.05) is 0 Å². The van der Waals surface area contributed by atoms with Crippen molar-refractivity contribution in [2.75, 3.05) is 65.6 Å². The predicted octanol–water partition coefficient (Wildman–Crippen LogP) is -1.73. The maximum absolute atomic E-state index is 8.85. The SMILES string of the molecule is NCCN(CCCO)CCN(CCN)CCCO. The van der Waals surface area contributed by atoms with Crippen LogP contribution in [-0.4, -0.2) is 85.6 Å². The fourth-order valence-electron chi connectivity index (χ4n) is 1.91. The summed E-state index contributed by atoms with van der Waals surface area (Å²) in [6.07, 6.45) is 1.57. The topological polar surface area (TPSA) is 99.0 Å². The minimum Gasteiger partial charge on any atom is -0.396 e. The molecule has 0 aliphatic heterocycles. The molecule has 6 N–H and O–H groups in total. The summed E-state index contributed by atoms with van der Waals surface area (Å²) in [4.78, 5) is 4.53. The number of aliphatic hydroxyl groups is 2. The number of aliphatic hydroxyl groups excluding tert-OH is 2. The van der Waals surface area contributed by atoms with E-state index in [0.29, 0.717) is 13.1 Å². The Morgan fingerprint density at radius 1 is 0.611 bits per heavy atom. The Kier molecular flexibility index (Phi) is 13.0. The summed E-state index contributed by atoms with van der Waals surface area (Å²) in [5.41, 5.74) is 11.2. The van der Waals surface area contributed by atoms with Gasteiger partial charge in [-0.2, -0.15) is 0 Å². The van der Waals surface area contributed by atoms with Crippen LogP contribution in [0.3, 0.4) is 0 Å². The van der Waals surface area contributed by atoms with Crippen molar-refractivity contribution in [3.63, 3.8) is 0 Å². The smallest absolute Gasteiger partial charge is 0.0443 e. The van der Waals surface area contributed by atoms with Gasteiger partial charge in [-0.3, -0.25) is 0 Å². The van der Waals surface area contributed by atoms with Gasteiger partial charge >= 0.3 is 0 Å². The van der Waals surface area contributed by atoms with Crippen molar-refractivity contribution in [2.24, 2.45) is 11.5 Å². The average Bonchev–Trinajstić information content (AvgIpc) is 2.38. The van der Waals surface area contributed by atoms with Crippen molar-refractivity contribution in [3.05, 3.63) is 0 Å². The van der Waals surface area contributed by atoms with Crippen LogP contribution in [0.15, 0.2) is 0 Å². The molecule has 0 aromatic heterocycles. The highest BCUT2D eigenvalue weighted by Crippen LogP contribution is 1.95. The van der Waals surface area contributed by atoms with Crippen molar-refractivity contribution in [1.82, 2.24) is 9.80 Å². The van der Waals surface area contributed by atoms with Crippen LogP contribution in [0.2, 0.25) is 0 Å². The summed E-state index contributed by atoms with van der Waals surface area (Å²) < 4.78 is 0. The Morgan fingerprint density at radius 3 is 1.28 bits per heavy atom. The van der Waals surface area contributed by atoms with Gasteiger partial charge in [0.2, 0.25) is 0 Å². The molecule has 18 heavy (non-hydrogen) atoms. The highest BCUT2D eigenvalue weighted by molar-refractivity contribution is 4.64. The largest absolute Gasteiger partial charge is 0.396 e. The lowest BCUT2D eigenvalue weighted by molar-refractivity contribution is 0.181. The lowest BCUT2D eigenvalue weighted by atomic mass is 10.3. The number of hydrogen-bond acceptors (Lipinski definition) is 6. The highest BCUT2D eigenvalue weighted by atomic mass is 16.3. The maximum Gasteiger partial charge on any atom is 0.0443 e. The van der Waals surface area contributed by atoms with Crippen LogP contribution in [0, 0.1) is 0 Å². The summed E-state index contributed by atoms with van der Waals surface area (Å²) >= 11 is 0. The number of nitrogens with two attached hydrogens (primary N) is 2. The van der Waals surface area contributed by atoms with Gasteiger partial charge in [-0.05, 0) is 12.8 Å². The molecule has 0 aromatic carbocycles. The van der Waals surface area contributed by atoms with Crippen molar-refractivity contribution < 1.29 is 10.2 Å². The van der Waals surface area contributed by atoms with Crippen molar-refractivity contribution >= 4 is 0 Å². The summed E-state index contributed by atoms with van der Waals surface area (Å²) in [5, 5.41) is 17.7. The quantitative estimate of drug-likeness (QED) is 0.315. The first-order valence-corrected chi connectivity index (χ1v) is 6.85. The molecule has 0 aliphatic carbocycles. The lowest BCUT2D eigenvalue weighted by Gasteiger charge is -2.27. The third-order valence-corrected chi connectivity index (χ3v) is 2.89. The highest BCUT2D eigenvalue weighted by Gasteiger charge is 2.08. The third kappa shape index (κ3) is 9.76. The van der Waals surface area contributed by atoms with Crippen LogP contribution < -0.4 is 11.5 Å². The van der Waals surface area contributed by atoms with Gasteiger partial charge in [0.15, 0.2) is 0 Å². The lowest BCUT2D eigenvalue weighted by Crippen LogP contribution is -2.40. The van der Waals surface area contributed by atoms with Crippen molar-refractivity contribution in [1.29, 1.82) is 0 Å². The van der Waals surface area contributed by atoms with E-state index in [4.69, 9.17) is 21.7 Å². The van der Waals surface area contributed by atoms with Gasteiger partial charge in [-0.25, -0.2) is 0 Å². The third-order valence-electron chi connectivity index (χ3n) is 2.89. The number of nitrogens with zero attached hydrogens (tertiary/aromatic N) is 2. The molecular weight excluding hydrogens is 232 g/mol. The molecule has 0 heterocycles. The molecule has 110 valence electrons. The molecule has 0 amide bonds. The number of hydrogen-bond donors (Lipinski definition) is 4. The second kappa shape index (κ2) is 13.2. The molecule has 0 saturated carbocycles. The molecule has 0 unspecified atom stereocenters. The first kappa shape index (κ1) is 17.8. The van der Waals surface area contributed by atoms with Gasteiger partial charge in [0, 0.05) is 65.6 Å². The van der Waals surface area contributed by atoms with E-state index in [0.717, 1.165) is 52.1 Å². The fraction of sp³-hybridized carbons (Fsp3) is 1.00. The molecule has 0 spiro atoms. The van der Waals surface area contributed by atoms with E-state index in [-0.39, 0.29) is 13.2 Å². The van der Waals surface area contributed by atoms with Gasteiger partial charge in [0.1, 0.15) is 0 Å². The second-order valence-electron chi connectivity index (χ2n) is 4.41. The number of rotatable bonds is 13. The standard InChI is InChI=1S/C12H30N4O2/c13-3-7-15(5-1-11-17)9-10-16(8-4-14)6-2-12-18/h17-18H,1-14H2. The molecule has 0 saturated heterocycles. The van der Waals surface area contributed by atoms with E-state index in [9.17, 15) is 0 Å². The van der Waals surface area contributed by atoms with E-state index >= 15 is 0 Å². The van der Waals surface area contributed by atoms with Crippen molar-refractivity contribution in [3.8, 4) is 0 Å². The first-order chi connectivity index (χ1) is 8.78. The molecular formula is C12H30N4O2. The molecule has 6 nitrogen and oxygen atoms in total. The average molecular weight is 262 g/mol. The minimum atomic E-state index is 0.220. The van der Waals surface area contributed by atoms with Gasteiger partial charge in [0.05, 0.1) is 0 Å². The Hall–Kier alpha value is -0.240. The summed E-state index contributed by atoms with van der Waals surface area (Å²) in [7, 11) is 0. The Bertz CT molecular complexity index is 154. The Balaban J connectivity index is 3.92. The molecule has 0 rings (SSSR count). The zero-order valence-corrected chi connectivity index (χ0v) is 11.4. The van der Waals surface area contributed by atoms with Gasteiger partial charge < -0.3 is 31.5 Å². The van der Waals surface area contributed by atoms with Crippen LogP contribution >= 0.6 is 0 Å². The Labute approximate surface area is 111 Å². The monoisotopic (exact) mass is 262 g/mol. The van der Waals surface area contributed by atoms with E-state index in [1.54, 1.807) is 0 Å². The molecule has 0 radical (unpaired) electrons. The Morgan fingerprint density at radius 2 is 1.00 bits per heavy atom. The van der Waals surface area contributed by atoms with Crippen LogP contribution in [0.1, 0.15) is 12.8 Å². The van der Waals surface area contributed by atoms with Crippen LogP contribution in [-0.2, 0) is 0 Å². The summed E-state index contributed by atoms with van der Waals surface area (Å²) in [5.74, 6) is 0. The fourth-order valence-corrected chi connectivity index (χ4v) is 1.91. The minimum absolute atomic E-state index is 0.220. The zero-order chi connectivity index (χ0) is 13.6. The van der Waals surface area contributed by atoms with Crippen LogP contribution in [0.4, 0.5) is 0 Å². The molecule has 0 atom stereocenters. The molecule has 0 aromatic rings. The van der Waals surface area contributed by atoms with Gasteiger partial charge in [0.25, 0.3) is 0 Å². The van der Waals surface area contributed by atoms with Crippen LogP contribution in [0.25, 0.3) is 0 Å². The van der Waals surface area contributed by atoms with E-state index in [1.165, 1.54) is 0 Å². The predicted molar refractivity (Wildman–Crippen MR) is 74.4 cm³/mol. The summed E-state index contributed by atoms with van der Waals surface area (Å²) in [6.45, 7) is 7.06. The molecule has 0 aliphatic rings. The van der Waals surface area contributed by atoms with Gasteiger partial charge in [-0.15, -0.1) is 0 Å². The van der Waals surface area contributed by atoms with E-state index in [2.05, 4.69) is 9.80 Å². The second-order valence-corrected chi connectivity index (χ2v) is 4.41. The van der Waals surface area contributed by atoms with Gasteiger partial charge in [-0.1, -0.05) is 0 Å². The first-order valence-electron chi connectivity index (χ1n) is 6.85. The molecule has 0 fully saturated rings. The van der Waals surface area contributed by atoms with E-state index < -0.39 is 0 Å². The zero-order valence-electron chi connectivity index (χ0n) is 11.4.